The van der Waals surface area contributed by atoms with Gasteiger partial charge in [-0.3, -0.25) is 4.68 Å². The van der Waals surface area contributed by atoms with Gasteiger partial charge in [-0.2, -0.15) is 16.9 Å². The minimum absolute atomic E-state index is 0.186. The number of halogens is 1. The Labute approximate surface area is 180 Å². The molecule has 0 unspecified atom stereocenters. The first-order chi connectivity index (χ1) is 13.9. The monoisotopic (exact) mass is 430 g/mol. The molecule has 1 fully saturated rings. The molecule has 0 atom stereocenters. The Morgan fingerprint density at radius 2 is 1.83 bits per heavy atom. The quantitative estimate of drug-likeness (QED) is 0.560. The lowest BCUT2D eigenvalue weighted by molar-refractivity contribution is 0.306. The van der Waals surface area contributed by atoms with Gasteiger partial charge in [0, 0.05) is 48.5 Å². The van der Waals surface area contributed by atoms with Crippen LogP contribution in [0.4, 0.5) is 4.39 Å². The number of thioether (sulfide) groups is 1. The Hall–Kier alpha value is -1.70. The average Bonchev–Trinajstić information content (AvgIpc) is 3.34. The van der Waals surface area contributed by atoms with Crippen LogP contribution in [0.25, 0.3) is 21.8 Å². The number of hydrogen-bond acceptors (Lipinski definition) is 5. The van der Waals surface area contributed by atoms with Crippen LogP contribution < -0.4 is 0 Å². The Kier molecular flexibility index (Phi) is 6.08. The molecular formula is C22H27FN4S2. The van der Waals surface area contributed by atoms with E-state index < -0.39 is 0 Å². The second kappa shape index (κ2) is 8.58. The molecule has 3 heterocycles. The highest BCUT2D eigenvalue weighted by Gasteiger charge is 2.24. The SMILES string of the molecule is CC(C)(C)n1ncc(-c2nc(CCN3CCSCC3)cs2)c1-c1ccc(F)cc1. The number of hydrogen-bond donors (Lipinski definition) is 0. The third kappa shape index (κ3) is 4.73. The van der Waals surface area contributed by atoms with E-state index in [1.165, 1.54) is 36.7 Å². The van der Waals surface area contributed by atoms with Gasteiger partial charge in [0.05, 0.1) is 28.7 Å². The van der Waals surface area contributed by atoms with Gasteiger partial charge in [0.25, 0.3) is 0 Å². The summed E-state index contributed by atoms with van der Waals surface area (Å²) in [4.78, 5) is 7.45. The van der Waals surface area contributed by atoms with Crippen molar-refractivity contribution in [3.05, 3.63) is 47.4 Å². The molecule has 7 heteroatoms. The van der Waals surface area contributed by atoms with Crippen LogP contribution in [0.15, 0.2) is 35.8 Å². The van der Waals surface area contributed by atoms with E-state index >= 15 is 0 Å². The van der Waals surface area contributed by atoms with Crippen molar-refractivity contribution in [1.82, 2.24) is 19.7 Å². The molecule has 0 N–H and O–H groups in total. The smallest absolute Gasteiger partial charge is 0.127 e. The zero-order chi connectivity index (χ0) is 20.4. The molecule has 0 saturated carbocycles. The first-order valence-corrected chi connectivity index (χ1v) is 12.0. The second-order valence-electron chi connectivity index (χ2n) is 8.34. The van der Waals surface area contributed by atoms with Gasteiger partial charge >= 0.3 is 0 Å². The van der Waals surface area contributed by atoms with Crippen molar-refractivity contribution in [3.63, 3.8) is 0 Å². The summed E-state index contributed by atoms with van der Waals surface area (Å²) in [6.07, 6.45) is 2.87. The fourth-order valence-corrected chi connectivity index (χ4v) is 5.39. The van der Waals surface area contributed by atoms with E-state index in [4.69, 9.17) is 4.98 Å². The van der Waals surface area contributed by atoms with Crippen LogP contribution >= 0.6 is 23.1 Å². The number of thiazole rings is 1. The highest BCUT2D eigenvalue weighted by Crippen LogP contribution is 2.36. The molecule has 4 rings (SSSR count). The number of benzene rings is 1. The molecule has 3 aromatic rings. The van der Waals surface area contributed by atoms with Crippen molar-refractivity contribution in [2.75, 3.05) is 31.1 Å². The highest BCUT2D eigenvalue weighted by atomic mass is 32.2. The van der Waals surface area contributed by atoms with Crippen molar-refractivity contribution in [1.29, 1.82) is 0 Å². The summed E-state index contributed by atoms with van der Waals surface area (Å²) in [7, 11) is 0. The molecule has 0 spiro atoms. The summed E-state index contributed by atoms with van der Waals surface area (Å²) in [6, 6.07) is 6.65. The normalized spacial score (nSPS) is 15.7. The molecule has 29 heavy (non-hydrogen) atoms. The molecular weight excluding hydrogens is 403 g/mol. The topological polar surface area (TPSA) is 34.0 Å². The molecule has 0 amide bonds. The van der Waals surface area contributed by atoms with E-state index in [2.05, 4.69) is 36.1 Å². The van der Waals surface area contributed by atoms with Crippen LogP contribution in [0.5, 0.6) is 0 Å². The molecule has 0 bridgehead atoms. The van der Waals surface area contributed by atoms with Crippen molar-refractivity contribution >= 4 is 23.1 Å². The van der Waals surface area contributed by atoms with Gasteiger partial charge in [-0.25, -0.2) is 9.37 Å². The average molecular weight is 431 g/mol. The van der Waals surface area contributed by atoms with Crippen molar-refractivity contribution in [3.8, 4) is 21.8 Å². The largest absolute Gasteiger partial charge is 0.301 e. The van der Waals surface area contributed by atoms with Crippen molar-refractivity contribution < 1.29 is 4.39 Å². The van der Waals surface area contributed by atoms with Crippen LogP contribution in [0.1, 0.15) is 26.5 Å². The third-order valence-electron chi connectivity index (χ3n) is 5.09. The van der Waals surface area contributed by atoms with Crippen molar-refractivity contribution in [2.45, 2.75) is 32.7 Å². The minimum Gasteiger partial charge on any atom is -0.301 e. The fraction of sp³-hybridized carbons (Fsp3) is 0.455. The van der Waals surface area contributed by atoms with Crippen LogP contribution in [0.2, 0.25) is 0 Å². The van der Waals surface area contributed by atoms with E-state index in [-0.39, 0.29) is 11.4 Å². The zero-order valence-electron chi connectivity index (χ0n) is 17.2. The van der Waals surface area contributed by atoms with E-state index in [1.54, 1.807) is 11.3 Å². The maximum Gasteiger partial charge on any atom is 0.127 e. The van der Waals surface area contributed by atoms with Gasteiger partial charge in [-0.05, 0) is 45.0 Å². The summed E-state index contributed by atoms with van der Waals surface area (Å²) < 4.78 is 15.5. The number of rotatable bonds is 5. The Balaban J connectivity index is 1.62. The summed E-state index contributed by atoms with van der Waals surface area (Å²) in [6.45, 7) is 9.79. The highest BCUT2D eigenvalue weighted by molar-refractivity contribution is 7.99. The molecule has 1 aromatic carbocycles. The third-order valence-corrected chi connectivity index (χ3v) is 6.96. The lowest BCUT2D eigenvalue weighted by Crippen LogP contribution is -2.34. The van der Waals surface area contributed by atoms with Crippen LogP contribution in [-0.4, -0.2) is 50.8 Å². The maximum absolute atomic E-state index is 13.5. The summed E-state index contributed by atoms with van der Waals surface area (Å²) in [5, 5.41) is 7.81. The molecule has 0 aliphatic carbocycles. The molecule has 4 nitrogen and oxygen atoms in total. The van der Waals surface area contributed by atoms with Crippen LogP contribution in [0, 0.1) is 5.82 Å². The number of nitrogens with zero attached hydrogens (tertiary/aromatic N) is 4. The van der Waals surface area contributed by atoms with E-state index in [0.717, 1.165) is 40.5 Å². The molecule has 154 valence electrons. The standard InChI is InChI=1S/C22H27FN4S2/c1-22(2,3)27-20(16-4-6-17(23)7-5-16)19(14-24-27)21-25-18(15-29-21)8-9-26-10-12-28-13-11-26/h4-7,14-15H,8-13H2,1-3H3. The van der Waals surface area contributed by atoms with E-state index in [1.807, 2.05) is 34.8 Å². The summed E-state index contributed by atoms with van der Waals surface area (Å²) in [5.74, 6) is 2.23. The Bertz CT molecular complexity index is 950. The maximum atomic E-state index is 13.5. The van der Waals surface area contributed by atoms with Crippen LogP contribution in [-0.2, 0) is 12.0 Å². The fourth-order valence-electron chi connectivity index (χ4n) is 3.54. The van der Waals surface area contributed by atoms with Gasteiger partial charge in [-0.15, -0.1) is 11.3 Å². The number of aromatic nitrogens is 3. The predicted octanol–water partition coefficient (Wildman–Crippen LogP) is 5.16. The molecule has 2 aromatic heterocycles. The first-order valence-electron chi connectivity index (χ1n) is 10.0. The summed E-state index contributed by atoms with van der Waals surface area (Å²) >= 11 is 3.70. The lowest BCUT2D eigenvalue weighted by Gasteiger charge is -2.25. The van der Waals surface area contributed by atoms with Gasteiger partial charge in [-0.1, -0.05) is 0 Å². The van der Waals surface area contributed by atoms with E-state index in [9.17, 15) is 4.39 Å². The first kappa shape index (κ1) is 20.6. The predicted molar refractivity (Wildman–Crippen MR) is 121 cm³/mol. The van der Waals surface area contributed by atoms with E-state index in [0.29, 0.717) is 0 Å². The van der Waals surface area contributed by atoms with Crippen molar-refractivity contribution in [2.24, 2.45) is 0 Å². The van der Waals surface area contributed by atoms with Gasteiger partial charge < -0.3 is 4.90 Å². The minimum atomic E-state index is -0.232. The van der Waals surface area contributed by atoms with Gasteiger partial charge in [0.15, 0.2) is 0 Å². The second-order valence-corrected chi connectivity index (χ2v) is 10.4. The Morgan fingerprint density at radius 3 is 2.52 bits per heavy atom. The Morgan fingerprint density at radius 1 is 1.10 bits per heavy atom. The molecule has 1 aliphatic heterocycles. The molecule has 1 aliphatic rings. The summed E-state index contributed by atoms with van der Waals surface area (Å²) in [5.41, 5.74) is 3.91. The lowest BCUT2D eigenvalue weighted by atomic mass is 10.0. The zero-order valence-corrected chi connectivity index (χ0v) is 18.8. The molecule has 1 saturated heterocycles. The van der Waals surface area contributed by atoms with Crippen LogP contribution in [0.3, 0.4) is 0 Å². The van der Waals surface area contributed by atoms with Gasteiger partial charge in [0.1, 0.15) is 10.8 Å². The molecule has 0 radical (unpaired) electrons. The van der Waals surface area contributed by atoms with Gasteiger partial charge in [0.2, 0.25) is 0 Å².